The van der Waals surface area contributed by atoms with Crippen molar-refractivity contribution < 1.29 is 9.15 Å². The van der Waals surface area contributed by atoms with Crippen molar-refractivity contribution in [2.24, 2.45) is 5.92 Å². The third-order valence-electron chi connectivity index (χ3n) is 3.03. The second kappa shape index (κ2) is 5.93. The average molecular weight is 263 g/mol. The number of hydrogen-bond acceptors (Lipinski definition) is 5. The van der Waals surface area contributed by atoms with Crippen LogP contribution in [0.25, 0.3) is 11.1 Å². The molecule has 19 heavy (non-hydrogen) atoms. The lowest BCUT2D eigenvalue weighted by molar-refractivity contribution is 0.126. The predicted octanol–water partition coefficient (Wildman–Crippen LogP) is 2.88. The Kier molecular flexibility index (Phi) is 4.27. The van der Waals surface area contributed by atoms with Gasteiger partial charge in [0.25, 0.3) is 6.01 Å². The molecule has 3 N–H and O–H groups in total. The molecule has 0 aliphatic heterocycles. The molecule has 1 heterocycles. The van der Waals surface area contributed by atoms with E-state index in [0.717, 1.165) is 11.1 Å². The highest BCUT2D eigenvalue weighted by molar-refractivity contribution is 5.78. The van der Waals surface area contributed by atoms with E-state index in [-0.39, 0.29) is 6.04 Å². The minimum absolute atomic E-state index is 0.172. The lowest BCUT2D eigenvalue weighted by Gasteiger charge is -2.20. The standard InChI is InChI=1S/C14H21N3O2/c1-4-18-8-12(9(2)3)17-14-16-11-7-10(15)5-6-13(11)19-14/h5-7,9,12H,4,8,15H2,1-3H3,(H,16,17). The largest absolute Gasteiger partial charge is 0.424 e. The minimum atomic E-state index is 0.172. The Morgan fingerprint density at radius 3 is 2.89 bits per heavy atom. The van der Waals surface area contributed by atoms with Gasteiger partial charge in [-0.25, -0.2) is 0 Å². The molecule has 0 spiro atoms. The molecule has 2 rings (SSSR count). The van der Waals surface area contributed by atoms with Crippen LogP contribution in [0, 0.1) is 5.92 Å². The fourth-order valence-electron chi connectivity index (χ4n) is 1.81. The van der Waals surface area contributed by atoms with Crippen LogP contribution in [0.1, 0.15) is 20.8 Å². The molecule has 1 unspecified atom stereocenters. The summed E-state index contributed by atoms with van der Waals surface area (Å²) in [5, 5.41) is 3.28. The van der Waals surface area contributed by atoms with Gasteiger partial charge >= 0.3 is 0 Å². The number of aromatic nitrogens is 1. The molecule has 104 valence electrons. The third-order valence-corrected chi connectivity index (χ3v) is 3.03. The average Bonchev–Trinajstić information content (AvgIpc) is 2.75. The van der Waals surface area contributed by atoms with E-state index in [0.29, 0.717) is 30.8 Å². The van der Waals surface area contributed by atoms with Gasteiger partial charge in [-0.1, -0.05) is 13.8 Å². The third kappa shape index (κ3) is 3.38. The van der Waals surface area contributed by atoms with E-state index in [9.17, 15) is 0 Å². The number of nitrogens with two attached hydrogens (primary N) is 1. The van der Waals surface area contributed by atoms with Gasteiger partial charge in [0.05, 0.1) is 12.6 Å². The number of hydrogen-bond donors (Lipinski definition) is 2. The molecule has 0 aliphatic rings. The monoisotopic (exact) mass is 263 g/mol. The minimum Gasteiger partial charge on any atom is -0.424 e. The topological polar surface area (TPSA) is 73.3 Å². The Bertz CT molecular complexity index is 536. The van der Waals surface area contributed by atoms with Gasteiger partial charge in [-0.05, 0) is 31.0 Å². The van der Waals surface area contributed by atoms with Crippen molar-refractivity contribution in [3.05, 3.63) is 18.2 Å². The lowest BCUT2D eigenvalue weighted by atomic mass is 10.1. The quantitative estimate of drug-likeness (QED) is 0.784. The normalized spacial score (nSPS) is 13.1. The maximum atomic E-state index is 5.73. The number of benzene rings is 1. The Hall–Kier alpha value is -1.75. The van der Waals surface area contributed by atoms with E-state index in [1.807, 2.05) is 13.0 Å². The van der Waals surface area contributed by atoms with Crippen molar-refractivity contribution in [2.45, 2.75) is 26.8 Å². The molecule has 2 aromatic rings. The van der Waals surface area contributed by atoms with Gasteiger partial charge in [-0.3, -0.25) is 0 Å². The molecule has 0 bridgehead atoms. The van der Waals surface area contributed by atoms with Crippen LogP contribution in [0.5, 0.6) is 0 Å². The van der Waals surface area contributed by atoms with Gasteiger partial charge in [-0.2, -0.15) is 4.98 Å². The van der Waals surface area contributed by atoms with Crippen molar-refractivity contribution in [1.29, 1.82) is 0 Å². The van der Waals surface area contributed by atoms with Crippen molar-refractivity contribution >= 4 is 22.8 Å². The number of rotatable bonds is 6. The summed E-state index contributed by atoms with van der Waals surface area (Å²) < 4.78 is 11.1. The molecule has 0 amide bonds. The van der Waals surface area contributed by atoms with Crippen LogP contribution < -0.4 is 11.1 Å². The number of ether oxygens (including phenoxy) is 1. The van der Waals surface area contributed by atoms with Crippen LogP contribution in [0.2, 0.25) is 0 Å². The summed E-state index contributed by atoms with van der Waals surface area (Å²) in [5.41, 5.74) is 7.91. The Morgan fingerprint density at radius 1 is 1.42 bits per heavy atom. The fraction of sp³-hybridized carbons (Fsp3) is 0.500. The highest BCUT2D eigenvalue weighted by Gasteiger charge is 2.16. The smallest absolute Gasteiger partial charge is 0.295 e. The summed E-state index contributed by atoms with van der Waals surface area (Å²) in [7, 11) is 0. The summed E-state index contributed by atoms with van der Waals surface area (Å²) in [5.74, 6) is 0.423. The molecular formula is C14H21N3O2. The van der Waals surface area contributed by atoms with Crippen molar-refractivity contribution in [3.63, 3.8) is 0 Å². The number of oxazole rings is 1. The molecule has 5 heteroatoms. The number of nitrogen functional groups attached to an aromatic ring is 1. The van der Waals surface area contributed by atoms with Crippen LogP contribution in [0.3, 0.4) is 0 Å². The fourth-order valence-corrected chi connectivity index (χ4v) is 1.81. The zero-order valence-corrected chi connectivity index (χ0v) is 11.6. The molecule has 1 aromatic heterocycles. The lowest BCUT2D eigenvalue weighted by Crippen LogP contribution is -2.31. The van der Waals surface area contributed by atoms with Crippen molar-refractivity contribution in [2.75, 3.05) is 24.3 Å². The molecule has 0 saturated heterocycles. The maximum absolute atomic E-state index is 5.73. The van der Waals surface area contributed by atoms with Crippen molar-refractivity contribution in [1.82, 2.24) is 4.98 Å². The number of nitrogens with one attached hydrogen (secondary N) is 1. The zero-order valence-electron chi connectivity index (χ0n) is 11.6. The number of anilines is 2. The van der Waals surface area contributed by atoms with E-state index in [2.05, 4.69) is 24.1 Å². The van der Waals surface area contributed by atoms with E-state index < -0.39 is 0 Å². The molecule has 0 fully saturated rings. The summed E-state index contributed by atoms with van der Waals surface area (Å²) in [6.45, 7) is 7.60. The van der Waals surface area contributed by atoms with Gasteiger partial charge in [0.15, 0.2) is 5.58 Å². The Balaban J connectivity index is 2.14. The maximum Gasteiger partial charge on any atom is 0.295 e. The highest BCUT2D eigenvalue weighted by atomic mass is 16.5. The van der Waals surface area contributed by atoms with Gasteiger partial charge in [0.2, 0.25) is 0 Å². The summed E-state index contributed by atoms with van der Waals surface area (Å²) >= 11 is 0. The molecule has 5 nitrogen and oxygen atoms in total. The SMILES string of the molecule is CCOCC(Nc1nc2cc(N)ccc2o1)C(C)C. The van der Waals surface area contributed by atoms with Gasteiger partial charge in [0.1, 0.15) is 5.52 Å². The second-order valence-corrected chi connectivity index (χ2v) is 4.90. The summed E-state index contributed by atoms with van der Waals surface area (Å²) in [6.07, 6.45) is 0. The highest BCUT2D eigenvalue weighted by Crippen LogP contribution is 2.22. The summed E-state index contributed by atoms with van der Waals surface area (Å²) in [6, 6.07) is 6.12. The van der Waals surface area contributed by atoms with Gasteiger partial charge in [0, 0.05) is 12.3 Å². The van der Waals surface area contributed by atoms with E-state index in [4.69, 9.17) is 14.9 Å². The molecular weight excluding hydrogens is 242 g/mol. The van der Waals surface area contributed by atoms with Crippen LogP contribution in [-0.2, 0) is 4.74 Å². The zero-order chi connectivity index (χ0) is 13.8. The van der Waals surface area contributed by atoms with Crippen LogP contribution >= 0.6 is 0 Å². The van der Waals surface area contributed by atoms with E-state index in [1.54, 1.807) is 12.1 Å². The molecule has 1 aromatic carbocycles. The summed E-state index contributed by atoms with van der Waals surface area (Å²) in [4.78, 5) is 4.39. The molecule has 0 radical (unpaired) electrons. The first-order chi connectivity index (χ1) is 9.10. The van der Waals surface area contributed by atoms with Gasteiger partial charge in [-0.15, -0.1) is 0 Å². The first-order valence-corrected chi connectivity index (χ1v) is 6.60. The van der Waals surface area contributed by atoms with Crippen molar-refractivity contribution in [3.8, 4) is 0 Å². The predicted molar refractivity (Wildman–Crippen MR) is 77.2 cm³/mol. The number of nitrogens with zero attached hydrogens (tertiary/aromatic N) is 1. The molecule has 1 atom stereocenters. The van der Waals surface area contributed by atoms with E-state index in [1.165, 1.54) is 0 Å². The van der Waals surface area contributed by atoms with Crippen LogP contribution in [0.15, 0.2) is 22.6 Å². The molecule has 0 aliphatic carbocycles. The Morgan fingerprint density at radius 2 is 2.21 bits per heavy atom. The van der Waals surface area contributed by atoms with Crippen LogP contribution in [0.4, 0.5) is 11.7 Å². The van der Waals surface area contributed by atoms with Gasteiger partial charge < -0.3 is 20.2 Å². The first-order valence-electron chi connectivity index (χ1n) is 6.60. The molecule has 0 saturated carbocycles. The first kappa shape index (κ1) is 13.7. The van der Waals surface area contributed by atoms with Crippen LogP contribution in [-0.4, -0.2) is 24.2 Å². The second-order valence-electron chi connectivity index (χ2n) is 4.90. The Labute approximate surface area is 113 Å². The number of fused-ring (bicyclic) bond motifs is 1. The van der Waals surface area contributed by atoms with E-state index >= 15 is 0 Å².